The first-order valence-corrected chi connectivity index (χ1v) is 8.92. The van der Waals surface area contributed by atoms with Gasteiger partial charge < -0.3 is 15.4 Å². The molecule has 0 fully saturated rings. The number of urea groups is 1. The molecule has 2 N–H and O–H groups in total. The van der Waals surface area contributed by atoms with Crippen molar-refractivity contribution in [3.8, 4) is 0 Å². The van der Waals surface area contributed by atoms with Crippen LogP contribution < -0.4 is 10.6 Å². The maximum absolute atomic E-state index is 12.6. The maximum atomic E-state index is 12.6. The van der Waals surface area contributed by atoms with Crippen LogP contribution in [0, 0.1) is 5.92 Å². The van der Waals surface area contributed by atoms with E-state index in [4.69, 9.17) is 4.74 Å². The van der Waals surface area contributed by atoms with Gasteiger partial charge in [-0.1, -0.05) is 48.3 Å². The third-order valence-electron chi connectivity index (χ3n) is 3.97. The topological polar surface area (TPSA) is 67.4 Å². The van der Waals surface area contributed by atoms with Crippen molar-refractivity contribution in [2.75, 3.05) is 6.61 Å². The maximum Gasteiger partial charge on any atom is 0.338 e. The van der Waals surface area contributed by atoms with E-state index in [0.29, 0.717) is 23.8 Å². The zero-order valence-corrected chi connectivity index (χ0v) is 15.8. The lowest BCUT2D eigenvalue weighted by atomic mass is 9.95. The number of benzene rings is 1. The van der Waals surface area contributed by atoms with Gasteiger partial charge in [-0.3, -0.25) is 0 Å². The Balaban J connectivity index is 2.22. The van der Waals surface area contributed by atoms with Crippen LogP contribution in [0.15, 0.2) is 40.0 Å². The van der Waals surface area contributed by atoms with E-state index in [1.807, 2.05) is 24.3 Å². The summed E-state index contributed by atoms with van der Waals surface area (Å²) in [6, 6.07) is 6.68. The monoisotopic (exact) mass is 394 g/mol. The Hall–Kier alpha value is -1.82. The summed E-state index contributed by atoms with van der Waals surface area (Å²) in [4.78, 5) is 24.4. The normalized spacial score (nSPS) is 18.7. The lowest BCUT2D eigenvalue weighted by molar-refractivity contribution is -0.140. The van der Waals surface area contributed by atoms with Gasteiger partial charge in [-0.15, -0.1) is 0 Å². The van der Waals surface area contributed by atoms with E-state index >= 15 is 0 Å². The van der Waals surface area contributed by atoms with Crippen LogP contribution in [0.25, 0.3) is 0 Å². The van der Waals surface area contributed by atoms with E-state index < -0.39 is 12.0 Å². The van der Waals surface area contributed by atoms with Gasteiger partial charge in [-0.05, 0) is 37.0 Å². The predicted octanol–water partition coefficient (Wildman–Crippen LogP) is 4.06. The van der Waals surface area contributed by atoms with E-state index in [0.717, 1.165) is 22.9 Å². The summed E-state index contributed by atoms with van der Waals surface area (Å²) in [5.41, 5.74) is 1.81. The number of nitrogens with one attached hydrogen (secondary N) is 2. The highest BCUT2D eigenvalue weighted by Gasteiger charge is 2.32. The largest absolute Gasteiger partial charge is 0.462 e. The molecule has 0 unspecified atom stereocenters. The van der Waals surface area contributed by atoms with Gasteiger partial charge in [0.2, 0.25) is 0 Å². The van der Waals surface area contributed by atoms with E-state index in [-0.39, 0.29) is 6.03 Å². The van der Waals surface area contributed by atoms with E-state index in [9.17, 15) is 9.59 Å². The van der Waals surface area contributed by atoms with Crippen molar-refractivity contribution in [1.29, 1.82) is 0 Å². The minimum atomic E-state index is -0.513. The summed E-state index contributed by atoms with van der Waals surface area (Å²) in [5, 5.41) is 5.46. The van der Waals surface area contributed by atoms with Crippen LogP contribution in [0.5, 0.6) is 0 Å². The molecule has 1 heterocycles. The molecule has 0 spiro atoms. The molecule has 2 rings (SSSR count). The van der Waals surface area contributed by atoms with Crippen molar-refractivity contribution in [1.82, 2.24) is 10.6 Å². The zero-order chi connectivity index (χ0) is 17.7. The summed E-state index contributed by atoms with van der Waals surface area (Å²) >= 11 is 3.39. The number of rotatable bonds is 6. The van der Waals surface area contributed by atoms with Crippen molar-refractivity contribution in [2.24, 2.45) is 5.92 Å². The second kappa shape index (κ2) is 8.33. The first-order chi connectivity index (χ1) is 11.4. The molecule has 0 saturated heterocycles. The molecule has 2 amide bonds. The smallest absolute Gasteiger partial charge is 0.338 e. The van der Waals surface area contributed by atoms with Gasteiger partial charge in [0, 0.05) is 10.2 Å². The number of carbonyl (C=O) groups excluding carboxylic acids is 2. The van der Waals surface area contributed by atoms with Gasteiger partial charge in [0.05, 0.1) is 18.2 Å². The molecule has 24 heavy (non-hydrogen) atoms. The highest BCUT2D eigenvalue weighted by atomic mass is 79.9. The number of carbonyl (C=O) groups is 2. The fraction of sp³-hybridized carbons (Fsp3) is 0.444. The lowest BCUT2D eigenvalue weighted by Gasteiger charge is -2.28. The molecule has 1 aromatic rings. The lowest BCUT2D eigenvalue weighted by Crippen LogP contribution is -2.45. The number of esters is 1. The molecule has 6 heteroatoms. The van der Waals surface area contributed by atoms with Crippen LogP contribution in [0.4, 0.5) is 4.79 Å². The molecule has 0 bridgehead atoms. The molecular formula is C18H23BrN2O3. The van der Waals surface area contributed by atoms with Gasteiger partial charge >= 0.3 is 12.0 Å². The standard InChI is InChI=1S/C18H23BrN2O3/c1-4-5-11(2)10-24-17(22)15-12(3)20-18(23)21-16(15)13-6-8-14(19)9-7-13/h6-9,11,16H,4-5,10H2,1-3H3,(H2,20,21,23)/t11-,16-/m0/s1. The molecule has 0 saturated carbocycles. The van der Waals surface area contributed by atoms with Crippen LogP contribution >= 0.6 is 15.9 Å². The average Bonchev–Trinajstić information content (AvgIpc) is 2.53. The molecule has 5 nitrogen and oxygen atoms in total. The van der Waals surface area contributed by atoms with Crippen molar-refractivity contribution >= 4 is 27.9 Å². The zero-order valence-electron chi connectivity index (χ0n) is 14.2. The fourth-order valence-corrected chi connectivity index (χ4v) is 3.01. The number of hydrogen-bond acceptors (Lipinski definition) is 3. The van der Waals surface area contributed by atoms with E-state index in [1.165, 1.54) is 0 Å². The third-order valence-corrected chi connectivity index (χ3v) is 4.50. The Morgan fingerprint density at radius 1 is 1.33 bits per heavy atom. The van der Waals surface area contributed by atoms with Crippen LogP contribution in [-0.4, -0.2) is 18.6 Å². The second-order valence-electron chi connectivity index (χ2n) is 6.11. The van der Waals surface area contributed by atoms with Gasteiger partial charge in [0.1, 0.15) is 0 Å². The quantitative estimate of drug-likeness (QED) is 0.714. The fourth-order valence-electron chi connectivity index (χ4n) is 2.74. The first kappa shape index (κ1) is 18.5. The predicted molar refractivity (Wildman–Crippen MR) is 96.3 cm³/mol. The van der Waals surface area contributed by atoms with E-state index in [1.54, 1.807) is 6.92 Å². The molecule has 1 aliphatic heterocycles. The summed E-state index contributed by atoms with van der Waals surface area (Å²) in [6.45, 7) is 6.27. The van der Waals surface area contributed by atoms with Crippen LogP contribution in [0.3, 0.4) is 0 Å². The Morgan fingerprint density at radius 2 is 2.00 bits per heavy atom. The number of ether oxygens (including phenoxy) is 1. The highest BCUT2D eigenvalue weighted by Crippen LogP contribution is 2.28. The van der Waals surface area contributed by atoms with Crippen molar-refractivity contribution in [3.05, 3.63) is 45.6 Å². The minimum absolute atomic E-state index is 0.317. The molecule has 0 aromatic heterocycles. The SMILES string of the molecule is CCC[C@H](C)COC(=O)C1=C(C)NC(=O)N[C@H]1c1ccc(Br)cc1. The molecule has 1 aromatic carbocycles. The Labute approximate surface area is 151 Å². The molecular weight excluding hydrogens is 372 g/mol. The number of allylic oxidation sites excluding steroid dienone is 1. The molecule has 0 radical (unpaired) electrons. The van der Waals surface area contributed by atoms with Crippen LogP contribution in [0.2, 0.25) is 0 Å². The Morgan fingerprint density at radius 3 is 2.62 bits per heavy atom. The van der Waals surface area contributed by atoms with Crippen molar-refractivity contribution in [3.63, 3.8) is 0 Å². The molecule has 2 atom stereocenters. The van der Waals surface area contributed by atoms with Gasteiger partial charge in [0.25, 0.3) is 0 Å². The van der Waals surface area contributed by atoms with Crippen LogP contribution in [-0.2, 0) is 9.53 Å². The minimum Gasteiger partial charge on any atom is -0.462 e. The first-order valence-electron chi connectivity index (χ1n) is 8.13. The molecule has 0 aliphatic carbocycles. The van der Waals surface area contributed by atoms with Gasteiger partial charge in [-0.25, -0.2) is 9.59 Å². The average molecular weight is 395 g/mol. The van der Waals surface area contributed by atoms with Crippen molar-refractivity contribution in [2.45, 2.75) is 39.7 Å². The number of halogens is 1. The summed E-state index contributed by atoms with van der Waals surface area (Å²) < 4.78 is 6.41. The highest BCUT2D eigenvalue weighted by molar-refractivity contribution is 9.10. The second-order valence-corrected chi connectivity index (χ2v) is 7.03. The number of amides is 2. The van der Waals surface area contributed by atoms with E-state index in [2.05, 4.69) is 40.4 Å². The van der Waals surface area contributed by atoms with Crippen LogP contribution in [0.1, 0.15) is 45.2 Å². The summed E-state index contributed by atoms with van der Waals surface area (Å²) in [6.07, 6.45) is 2.07. The Kier molecular flexibility index (Phi) is 6.43. The number of hydrogen-bond donors (Lipinski definition) is 2. The van der Waals surface area contributed by atoms with Gasteiger partial charge in [0.15, 0.2) is 0 Å². The molecule has 130 valence electrons. The Bertz CT molecular complexity index is 640. The summed E-state index contributed by atoms with van der Waals surface area (Å²) in [7, 11) is 0. The van der Waals surface area contributed by atoms with Crippen molar-refractivity contribution < 1.29 is 14.3 Å². The third kappa shape index (κ3) is 4.60. The molecule has 1 aliphatic rings. The summed E-state index contributed by atoms with van der Waals surface area (Å²) in [5.74, 6) is -0.0759. The van der Waals surface area contributed by atoms with Gasteiger partial charge in [-0.2, -0.15) is 0 Å².